The van der Waals surface area contributed by atoms with Crippen molar-refractivity contribution in [3.63, 3.8) is 0 Å². The molecule has 4 aromatic carbocycles. The molecule has 5 rings (SSSR count). The number of ether oxygens (including phenoxy) is 2. The van der Waals surface area contributed by atoms with E-state index in [-0.39, 0.29) is 12.0 Å². The number of nitrogens with two attached hydrogens (primary N) is 1. The van der Waals surface area contributed by atoms with Crippen molar-refractivity contribution in [2.45, 2.75) is 12.5 Å². The van der Waals surface area contributed by atoms with Crippen LogP contribution in [0.3, 0.4) is 0 Å². The van der Waals surface area contributed by atoms with Gasteiger partial charge in [-0.3, -0.25) is 4.79 Å². The zero-order valence-electron chi connectivity index (χ0n) is 19.3. The molecule has 0 aromatic heterocycles. The summed E-state index contributed by atoms with van der Waals surface area (Å²) in [5.41, 5.74) is 8.73. The van der Waals surface area contributed by atoms with Crippen molar-refractivity contribution in [1.29, 1.82) is 0 Å². The number of nitrogens with zero attached hydrogens (tertiary/aromatic N) is 1. The molecule has 1 aliphatic heterocycles. The summed E-state index contributed by atoms with van der Waals surface area (Å²) in [5.74, 6) is 2.22. The topological polar surface area (TPSA) is 76.8 Å². The third-order valence-electron chi connectivity index (χ3n) is 5.95. The summed E-state index contributed by atoms with van der Waals surface area (Å²) < 4.78 is 12.0. The molecule has 0 bridgehead atoms. The number of nitrogens with one attached hydrogen (secondary N) is 1. The molecule has 1 unspecified atom stereocenters. The van der Waals surface area contributed by atoms with E-state index in [0.29, 0.717) is 16.9 Å². The Bertz CT molecular complexity index is 1270. The highest BCUT2D eigenvalue weighted by Gasteiger charge is 2.24. The van der Waals surface area contributed by atoms with Gasteiger partial charge in [0, 0.05) is 24.2 Å². The SMILES string of the molecule is Nc1ccccc1NC(=O)c1ccc(N2CCC(Oc3ccc(Oc4ccccc4)cc3)C2)cc1. The van der Waals surface area contributed by atoms with Gasteiger partial charge in [0.05, 0.1) is 17.9 Å². The smallest absolute Gasteiger partial charge is 0.255 e. The third-order valence-corrected chi connectivity index (χ3v) is 5.95. The highest BCUT2D eigenvalue weighted by molar-refractivity contribution is 6.05. The highest BCUT2D eigenvalue weighted by Crippen LogP contribution is 2.27. The van der Waals surface area contributed by atoms with E-state index in [1.807, 2.05) is 91.0 Å². The van der Waals surface area contributed by atoms with E-state index in [2.05, 4.69) is 10.2 Å². The molecule has 1 amide bonds. The molecule has 6 heteroatoms. The van der Waals surface area contributed by atoms with Gasteiger partial charge in [-0.25, -0.2) is 0 Å². The fourth-order valence-corrected chi connectivity index (χ4v) is 4.09. The van der Waals surface area contributed by atoms with Crippen LogP contribution in [0.1, 0.15) is 16.8 Å². The van der Waals surface area contributed by atoms with Gasteiger partial charge in [0.2, 0.25) is 0 Å². The van der Waals surface area contributed by atoms with Crippen molar-refractivity contribution in [1.82, 2.24) is 0 Å². The largest absolute Gasteiger partial charge is 0.489 e. The van der Waals surface area contributed by atoms with Gasteiger partial charge in [0.25, 0.3) is 5.91 Å². The number of hydrogen-bond donors (Lipinski definition) is 2. The van der Waals surface area contributed by atoms with Gasteiger partial charge in [-0.05, 0) is 72.8 Å². The lowest BCUT2D eigenvalue weighted by Crippen LogP contribution is -2.24. The molecule has 1 saturated heterocycles. The lowest BCUT2D eigenvalue weighted by Gasteiger charge is -2.19. The number of amides is 1. The number of hydrogen-bond acceptors (Lipinski definition) is 5. The zero-order chi connectivity index (χ0) is 24.0. The number of nitrogen functional groups attached to an aromatic ring is 1. The maximum atomic E-state index is 12.6. The normalized spacial score (nSPS) is 15.0. The van der Waals surface area contributed by atoms with Crippen molar-refractivity contribution >= 4 is 23.0 Å². The Hall–Kier alpha value is -4.45. The maximum absolute atomic E-state index is 12.6. The Morgan fingerprint density at radius 2 is 1.46 bits per heavy atom. The van der Waals surface area contributed by atoms with Crippen LogP contribution in [0.15, 0.2) is 103 Å². The monoisotopic (exact) mass is 465 g/mol. The molecule has 0 aliphatic carbocycles. The minimum Gasteiger partial charge on any atom is -0.489 e. The average Bonchev–Trinajstić information content (AvgIpc) is 3.36. The van der Waals surface area contributed by atoms with Gasteiger partial charge in [0.15, 0.2) is 0 Å². The summed E-state index contributed by atoms with van der Waals surface area (Å²) in [7, 11) is 0. The lowest BCUT2D eigenvalue weighted by molar-refractivity contribution is 0.102. The number of carbonyl (C=O) groups is 1. The van der Waals surface area contributed by atoms with Crippen LogP contribution in [0.25, 0.3) is 0 Å². The van der Waals surface area contributed by atoms with E-state index >= 15 is 0 Å². The fraction of sp³-hybridized carbons (Fsp3) is 0.138. The highest BCUT2D eigenvalue weighted by atomic mass is 16.5. The summed E-state index contributed by atoms with van der Waals surface area (Å²) in [4.78, 5) is 14.8. The summed E-state index contributed by atoms with van der Waals surface area (Å²) in [5, 5.41) is 2.86. The molecule has 35 heavy (non-hydrogen) atoms. The molecule has 6 nitrogen and oxygen atoms in total. The Kier molecular flexibility index (Phi) is 6.52. The van der Waals surface area contributed by atoms with Crippen LogP contribution in [-0.4, -0.2) is 25.1 Å². The maximum Gasteiger partial charge on any atom is 0.255 e. The van der Waals surface area contributed by atoms with E-state index in [1.165, 1.54) is 0 Å². The Labute approximate surface area is 204 Å². The van der Waals surface area contributed by atoms with Gasteiger partial charge < -0.3 is 25.4 Å². The number of anilines is 3. The average molecular weight is 466 g/mol. The van der Waals surface area contributed by atoms with Crippen LogP contribution >= 0.6 is 0 Å². The van der Waals surface area contributed by atoms with Crippen LogP contribution in [0.2, 0.25) is 0 Å². The zero-order valence-corrected chi connectivity index (χ0v) is 19.3. The number of benzene rings is 4. The van der Waals surface area contributed by atoms with Crippen LogP contribution in [0, 0.1) is 0 Å². The molecule has 176 valence electrons. The summed E-state index contributed by atoms with van der Waals surface area (Å²) in [6.07, 6.45) is 1.03. The lowest BCUT2D eigenvalue weighted by atomic mass is 10.1. The fourth-order valence-electron chi connectivity index (χ4n) is 4.09. The summed E-state index contributed by atoms with van der Waals surface area (Å²) in [6, 6.07) is 32.3. The first-order valence-corrected chi connectivity index (χ1v) is 11.6. The van der Waals surface area contributed by atoms with Gasteiger partial charge in [-0.1, -0.05) is 30.3 Å². The van der Waals surface area contributed by atoms with Gasteiger partial charge in [-0.2, -0.15) is 0 Å². The Morgan fingerprint density at radius 1 is 0.800 bits per heavy atom. The van der Waals surface area contributed by atoms with Crippen LogP contribution in [-0.2, 0) is 0 Å². The summed E-state index contributed by atoms with van der Waals surface area (Å²) >= 11 is 0. The minimum atomic E-state index is -0.184. The molecule has 1 atom stereocenters. The molecule has 4 aromatic rings. The number of carbonyl (C=O) groups excluding carboxylic acids is 1. The summed E-state index contributed by atoms with van der Waals surface area (Å²) in [6.45, 7) is 1.68. The second-order valence-electron chi connectivity index (χ2n) is 8.45. The van der Waals surface area contributed by atoms with Crippen LogP contribution in [0.5, 0.6) is 17.2 Å². The molecular weight excluding hydrogens is 438 g/mol. The predicted octanol–water partition coefficient (Wildman–Crippen LogP) is 5.97. The number of para-hydroxylation sites is 3. The molecule has 0 radical (unpaired) electrons. The van der Waals surface area contributed by atoms with Crippen molar-refractivity contribution in [3.05, 3.63) is 109 Å². The van der Waals surface area contributed by atoms with Crippen molar-refractivity contribution in [2.75, 3.05) is 29.0 Å². The van der Waals surface area contributed by atoms with Crippen LogP contribution in [0.4, 0.5) is 17.1 Å². The first-order valence-electron chi connectivity index (χ1n) is 11.6. The first kappa shape index (κ1) is 22.3. The molecule has 1 aliphatic rings. The van der Waals surface area contributed by atoms with Crippen molar-refractivity contribution < 1.29 is 14.3 Å². The molecule has 0 saturated carbocycles. The second-order valence-corrected chi connectivity index (χ2v) is 8.45. The molecule has 1 fully saturated rings. The van der Waals surface area contributed by atoms with E-state index in [0.717, 1.165) is 42.4 Å². The van der Waals surface area contributed by atoms with Crippen LogP contribution < -0.4 is 25.4 Å². The first-order chi connectivity index (χ1) is 17.1. The van der Waals surface area contributed by atoms with E-state index in [9.17, 15) is 4.79 Å². The Morgan fingerprint density at radius 3 is 2.20 bits per heavy atom. The molecular formula is C29H27N3O3. The van der Waals surface area contributed by atoms with Gasteiger partial charge in [-0.15, -0.1) is 0 Å². The molecule has 3 N–H and O–H groups in total. The van der Waals surface area contributed by atoms with E-state index in [4.69, 9.17) is 15.2 Å². The molecule has 0 spiro atoms. The second kappa shape index (κ2) is 10.2. The van der Waals surface area contributed by atoms with Gasteiger partial charge >= 0.3 is 0 Å². The quantitative estimate of drug-likeness (QED) is 0.329. The predicted molar refractivity (Wildman–Crippen MR) is 139 cm³/mol. The third kappa shape index (κ3) is 5.55. The number of rotatable bonds is 7. The minimum absolute atomic E-state index is 0.0972. The van der Waals surface area contributed by atoms with Gasteiger partial charge in [0.1, 0.15) is 23.4 Å². The van der Waals surface area contributed by atoms with E-state index in [1.54, 1.807) is 12.1 Å². The standard InChI is InChI=1S/C29H27N3O3/c30-27-8-4-5-9-28(27)31-29(33)21-10-12-22(13-11-21)32-19-18-26(20-32)35-25-16-14-24(15-17-25)34-23-6-2-1-3-7-23/h1-17,26H,18-20,30H2,(H,31,33). The molecule has 1 heterocycles. The van der Waals surface area contributed by atoms with Crippen molar-refractivity contribution in [2.24, 2.45) is 0 Å². The van der Waals surface area contributed by atoms with E-state index < -0.39 is 0 Å². The Balaban J connectivity index is 1.14. The van der Waals surface area contributed by atoms with Crippen molar-refractivity contribution in [3.8, 4) is 17.2 Å².